The van der Waals surface area contributed by atoms with E-state index in [0.717, 1.165) is 0 Å². The van der Waals surface area contributed by atoms with Gasteiger partial charge in [0.2, 0.25) is 0 Å². The first-order valence-corrected chi connectivity index (χ1v) is 12.9. The Balaban J connectivity index is 1.90. The summed E-state index contributed by atoms with van der Waals surface area (Å²) in [4.78, 5) is 48.1. The van der Waals surface area contributed by atoms with Crippen LogP contribution in [0.2, 0.25) is 5.32 Å². The van der Waals surface area contributed by atoms with Crippen LogP contribution in [-0.4, -0.2) is 49.3 Å². The molecule has 2 fully saturated rings. The number of fused-ring (bicyclic) bond motifs is 1. The van der Waals surface area contributed by atoms with Crippen molar-refractivity contribution in [1.82, 2.24) is 0 Å². The van der Waals surface area contributed by atoms with E-state index in [1.807, 2.05) is 13.8 Å². The van der Waals surface area contributed by atoms with Crippen LogP contribution in [0.5, 0.6) is 0 Å². The van der Waals surface area contributed by atoms with Crippen LogP contribution in [0.25, 0.3) is 0 Å². The van der Waals surface area contributed by atoms with Crippen molar-refractivity contribution >= 4 is 42.8 Å². The summed E-state index contributed by atoms with van der Waals surface area (Å²) < 4.78 is 12.2. The summed E-state index contributed by atoms with van der Waals surface area (Å²) >= 11 is -0.201. The Morgan fingerprint density at radius 1 is 1.31 bits per heavy atom. The van der Waals surface area contributed by atoms with Gasteiger partial charge in [-0.2, -0.15) is 0 Å². The molecule has 8 nitrogen and oxygen atoms in total. The maximum atomic E-state index is 12.9. The van der Waals surface area contributed by atoms with E-state index in [2.05, 4.69) is 0 Å². The van der Waals surface area contributed by atoms with Crippen molar-refractivity contribution in [2.75, 3.05) is 0 Å². The first-order chi connectivity index (χ1) is 15.0. The molecule has 32 heavy (non-hydrogen) atoms. The number of esters is 2. The molecule has 0 amide bonds. The number of carbonyl (C=O) groups is 3. The SMILES string of the molecule is CC(=O)O[C@]1(C)CC[C@@H]2[C@H](OC(=O)[C@H]2C)[C@H](C(C)=O)[C@H]1CC[Se]c1ccccc1[N+](=O)[O-]. The Kier molecular flexibility index (Phi) is 7.40. The summed E-state index contributed by atoms with van der Waals surface area (Å²) in [6.45, 7) is 6.54. The van der Waals surface area contributed by atoms with Crippen LogP contribution in [0.4, 0.5) is 5.69 Å². The van der Waals surface area contributed by atoms with Crippen molar-refractivity contribution in [2.45, 2.75) is 64.0 Å². The minimum atomic E-state index is -0.878. The second-order valence-electron chi connectivity index (χ2n) is 8.90. The molecule has 1 saturated heterocycles. The molecule has 3 rings (SSSR count). The van der Waals surface area contributed by atoms with Gasteiger partial charge < -0.3 is 0 Å². The number of carbonyl (C=O) groups excluding carboxylic acids is 3. The van der Waals surface area contributed by atoms with Crippen LogP contribution >= 0.6 is 0 Å². The van der Waals surface area contributed by atoms with Gasteiger partial charge in [0.05, 0.1) is 0 Å². The molecule has 2 aliphatic rings. The van der Waals surface area contributed by atoms with E-state index in [1.54, 1.807) is 18.2 Å². The number of nitrogens with zero attached hydrogens (tertiary/aromatic N) is 1. The molecule has 1 aliphatic carbocycles. The molecule has 1 saturated carbocycles. The van der Waals surface area contributed by atoms with Crippen molar-refractivity contribution in [3.63, 3.8) is 0 Å². The molecule has 1 aromatic carbocycles. The average Bonchev–Trinajstić information content (AvgIpc) is 2.91. The van der Waals surface area contributed by atoms with Crippen molar-refractivity contribution in [3.8, 4) is 0 Å². The van der Waals surface area contributed by atoms with Gasteiger partial charge >= 0.3 is 194 Å². The molecular formula is C23H29NO7Se. The van der Waals surface area contributed by atoms with Crippen molar-refractivity contribution in [3.05, 3.63) is 34.4 Å². The third-order valence-electron chi connectivity index (χ3n) is 6.83. The van der Waals surface area contributed by atoms with Gasteiger partial charge in [-0.15, -0.1) is 0 Å². The molecule has 6 atom stereocenters. The van der Waals surface area contributed by atoms with E-state index < -0.39 is 23.6 Å². The Hall–Kier alpha value is -2.25. The summed E-state index contributed by atoms with van der Waals surface area (Å²) in [5, 5.41) is 12.0. The number of para-hydroxylation sites is 1. The molecule has 9 heteroatoms. The molecule has 0 bridgehead atoms. The van der Waals surface area contributed by atoms with Crippen molar-refractivity contribution in [2.24, 2.45) is 23.7 Å². The zero-order valence-corrected chi connectivity index (χ0v) is 20.5. The predicted octanol–water partition coefficient (Wildman–Crippen LogP) is 2.85. The van der Waals surface area contributed by atoms with Crippen LogP contribution in [0.15, 0.2) is 24.3 Å². The van der Waals surface area contributed by atoms with Gasteiger partial charge in [0, 0.05) is 0 Å². The third kappa shape index (κ3) is 4.89. The third-order valence-corrected chi connectivity index (χ3v) is 9.13. The summed E-state index contributed by atoms with van der Waals surface area (Å²) in [7, 11) is 0. The van der Waals surface area contributed by atoms with E-state index >= 15 is 0 Å². The molecule has 0 unspecified atom stereocenters. The van der Waals surface area contributed by atoms with Crippen LogP contribution in [0.3, 0.4) is 0 Å². The van der Waals surface area contributed by atoms with Crippen LogP contribution in [-0.2, 0) is 23.9 Å². The first-order valence-electron chi connectivity index (χ1n) is 10.8. The van der Waals surface area contributed by atoms with Gasteiger partial charge in [0.25, 0.3) is 0 Å². The number of hydrogen-bond acceptors (Lipinski definition) is 7. The normalized spacial score (nSPS) is 31.9. The van der Waals surface area contributed by atoms with Gasteiger partial charge in [-0.1, -0.05) is 0 Å². The standard InChI is InChI=1S/C23H29NO7Se/c1-13-16-9-11-23(4,31-15(3)26)17(20(14(2)25)21(16)30-22(13)27)10-12-32-19-8-6-5-7-18(19)24(28)29/h5-8,13,16-17,20-21H,9-12H2,1-4H3/t13-,16-,17+,20+,21-,23+/m0/s1. The van der Waals surface area contributed by atoms with Gasteiger partial charge in [0.1, 0.15) is 0 Å². The fourth-order valence-electron chi connectivity index (χ4n) is 5.27. The number of hydrogen-bond donors (Lipinski definition) is 0. The predicted molar refractivity (Wildman–Crippen MR) is 118 cm³/mol. The van der Waals surface area contributed by atoms with Gasteiger partial charge in [-0.3, -0.25) is 0 Å². The summed E-state index contributed by atoms with van der Waals surface area (Å²) in [5.74, 6) is -2.13. The quantitative estimate of drug-likeness (QED) is 0.240. The molecule has 1 aromatic rings. The van der Waals surface area contributed by atoms with E-state index in [-0.39, 0.29) is 55.1 Å². The fraction of sp³-hybridized carbons (Fsp3) is 0.609. The number of rotatable bonds is 7. The zero-order valence-electron chi connectivity index (χ0n) is 18.7. The molecule has 0 spiro atoms. The molecule has 0 N–H and O–H groups in total. The number of nitro groups is 1. The van der Waals surface area contributed by atoms with E-state index in [1.165, 1.54) is 19.9 Å². The molecule has 174 valence electrons. The summed E-state index contributed by atoms with van der Waals surface area (Å²) in [6.07, 6.45) is 1.16. The topological polar surface area (TPSA) is 113 Å². The summed E-state index contributed by atoms with van der Waals surface area (Å²) in [6, 6.07) is 6.67. The van der Waals surface area contributed by atoms with Crippen molar-refractivity contribution in [1.29, 1.82) is 0 Å². The van der Waals surface area contributed by atoms with Gasteiger partial charge in [-0.05, 0) is 0 Å². The maximum absolute atomic E-state index is 12.9. The Labute approximate surface area is 193 Å². The number of ketones is 1. The molecule has 0 aromatic heterocycles. The summed E-state index contributed by atoms with van der Waals surface area (Å²) in [5.41, 5.74) is -0.782. The van der Waals surface area contributed by atoms with E-state index in [4.69, 9.17) is 9.47 Å². The molecule has 1 aliphatic heterocycles. The first kappa shape index (κ1) is 24.4. The number of Topliss-reactive ketones (excluding diaryl/α,β-unsaturated/α-hetero) is 1. The number of nitro benzene ring substituents is 1. The molecular weight excluding hydrogens is 481 g/mol. The van der Waals surface area contributed by atoms with Gasteiger partial charge in [0.15, 0.2) is 0 Å². The van der Waals surface area contributed by atoms with Crippen LogP contribution in [0, 0.1) is 33.8 Å². The average molecular weight is 510 g/mol. The number of benzene rings is 1. The zero-order chi connectivity index (χ0) is 23.6. The molecule has 0 radical (unpaired) electrons. The fourth-order valence-corrected chi connectivity index (χ4v) is 7.49. The Morgan fingerprint density at radius 2 is 2.00 bits per heavy atom. The van der Waals surface area contributed by atoms with Crippen molar-refractivity contribution < 1.29 is 28.8 Å². The van der Waals surface area contributed by atoms with Crippen LogP contribution in [0.1, 0.15) is 47.0 Å². The Morgan fingerprint density at radius 3 is 2.62 bits per heavy atom. The van der Waals surface area contributed by atoms with E-state index in [9.17, 15) is 24.5 Å². The monoisotopic (exact) mass is 511 g/mol. The second kappa shape index (κ2) is 9.71. The van der Waals surface area contributed by atoms with Gasteiger partial charge in [-0.25, -0.2) is 0 Å². The van der Waals surface area contributed by atoms with Crippen LogP contribution < -0.4 is 4.46 Å². The van der Waals surface area contributed by atoms with E-state index in [0.29, 0.717) is 29.0 Å². The number of ether oxygens (including phenoxy) is 2. The second-order valence-corrected chi connectivity index (χ2v) is 11.3. The molecule has 1 heterocycles. The Bertz CT molecular complexity index is 919. The minimum absolute atomic E-state index is 0.0923.